The van der Waals surface area contributed by atoms with Crippen LogP contribution in [0.3, 0.4) is 0 Å². The standard InChI is InChI=1S/C15H24N2O2Si/c1-18-11-14-13-7-5-6-8-15(13)17(16-14)12-19-9-10-20(2,3)4/h5-8H,9-12H2,1-4H3. The van der Waals surface area contributed by atoms with E-state index in [2.05, 4.69) is 36.9 Å². The van der Waals surface area contributed by atoms with Gasteiger partial charge in [0.1, 0.15) is 6.73 Å². The van der Waals surface area contributed by atoms with Crippen LogP contribution in [0.5, 0.6) is 0 Å². The second kappa shape index (κ2) is 6.52. The zero-order chi connectivity index (χ0) is 14.6. The van der Waals surface area contributed by atoms with E-state index in [1.165, 1.54) is 6.04 Å². The molecule has 0 saturated heterocycles. The molecule has 2 aromatic rings. The second-order valence-corrected chi connectivity index (χ2v) is 11.9. The highest BCUT2D eigenvalue weighted by molar-refractivity contribution is 6.76. The van der Waals surface area contributed by atoms with Gasteiger partial charge in [0.25, 0.3) is 0 Å². The van der Waals surface area contributed by atoms with Crippen molar-refractivity contribution in [1.82, 2.24) is 9.78 Å². The van der Waals surface area contributed by atoms with Gasteiger partial charge in [-0.2, -0.15) is 5.10 Å². The summed E-state index contributed by atoms with van der Waals surface area (Å²) in [4.78, 5) is 0. The lowest BCUT2D eigenvalue weighted by atomic mass is 10.2. The molecular formula is C15H24N2O2Si. The van der Waals surface area contributed by atoms with Crippen molar-refractivity contribution in [2.75, 3.05) is 13.7 Å². The third kappa shape index (κ3) is 3.91. The summed E-state index contributed by atoms with van der Waals surface area (Å²) in [6.45, 7) is 8.92. The molecule has 4 nitrogen and oxygen atoms in total. The van der Waals surface area contributed by atoms with Crippen LogP contribution in [0.25, 0.3) is 10.9 Å². The number of benzene rings is 1. The summed E-state index contributed by atoms with van der Waals surface area (Å²) in [6.07, 6.45) is 0. The summed E-state index contributed by atoms with van der Waals surface area (Å²) < 4.78 is 12.9. The Labute approximate surface area is 121 Å². The van der Waals surface area contributed by atoms with Gasteiger partial charge in [0.2, 0.25) is 0 Å². The maximum absolute atomic E-state index is 5.79. The van der Waals surface area contributed by atoms with Crippen molar-refractivity contribution < 1.29 is 9.47 Å². The molecule has 0 aliphatic carbocycles. The SMILES string of the molecule is COCc1nn(COCC[Si](C)(C)C)c2ccccc12. The molecular weight excluding hydrogens is 268 g/mol. The first kappa shape index (κ1) is 15.2. The summed E-state index contributed by atoms with van der Waals surface area (Å²) in [7, 11) is 0.662. The van der Waals surface area contributed by atoms with Crippen molar-refractivity contribution in [2.24, 2.45) is 0 Å². The molecule has 0 fully saturated rings. The molecule has 0 amide bonds. The summed E-state index contributed by atoms with van der Waals surface area (Å²) >= 11 is 0. The highest BCUT2D eigenvalue weighted by Crippen LogP contribution is 2.19. The minimum atomic E-state index is -1.03. The fourth-order valence-electron chi connectivity index (χ4n) is 2.07. The van der Waals surface area contributed by atoms with Crippen molar-refractivity contribution in [3.63, 3.8) is 0 Å². The molecule has 0 N–H and O–H groups in total. The monoisotopic (exact) mass is 292 g/mol. The van der Waals surface area contributed by atoms with Gasteiger partial charge in [0.15, 0.2) is 0 Å². The van der Waals surface area contributed by atoms with Gasteiger partial charge in [-0.3, -0.25) is 0 Å². The van der Waals surface area contributed by atoms with E-state index in [0.717, 1.165) is 23.2 Å². The van der Waals surface area contributed by atoms with Gasteiger partial charge in [-0.1, -0.05) is 37.8 Å². The Kier molecular flexibility index (Phi) is 4.96. The van der Waals surface area contributed by atoms with Crippen LogP contribution in [-0.2, 0) is 22.8 Å². The maximum atomic E-state index is 5.79. The Balaban J connectivity index is 2.06. The van der Waals surface area contributed by atoms with E-state index in [1.807, 2.05) is 16.8 Å². The fraction of sp³-hybridized carbons (Fsp3) is 0.533. The molecule has 0 bridgehead atoms. The number of methoxy groups -OCH3 is 1. The topological polar surface area (TPSA) is 36.3 Å². The molecule has 5 heteroatoms. The van der Waals surface area contributed by atoms with E-state index < -0.39 is 8.07 Å². The summed E-state index contributed by atoms with van der Waals surface area (Å²) in [5, 5.41) is 5.73. The molecule has 0 spiro atoms. The molecule has 1 aromatic heterocycles. The fourth-order valence-corrected chi connectivity index (χ4v) is 2.82. The molecule has 0 atom stereocenters. The number of ether oxygens (including phenoxy) is 2. The zero-order valence-electron chi connectivity index (χ0n) is 12.8. The lowest BCUT2D eigenvalue weighted by Crippen LogP contribution is -2.22. The normalized spacial score (nSPS) is 12.2. The van der Waals surface area contributed by atoms with Crippen LogP contribution >= 0.6 is 0 Å². The molecule has 1 heterocycles. The summed E-state index contributed by atoms with van der Waals surface area (Å²) in [5.74, 6) is 0. The Morgan fingerprint density at radius 1 is 1.20 bits per heavy atom. The Morgan fingerprint density at radius 2 is 1.95 bits per heavy atom. The number of hydrogen-bond acceptors (Lipinski definition) is 3. The van der Waals surface area contributed by atoms with Gasteiger partial charge in [-0.25, -0.2) is 4.68 Å². The molecule has 110 valence electrons. The largest absolute Gasteiger partial charge is 0.378 e. The van der Waals surface area contributed by atoms with Gasteiger partial charge in [0, 0.05) is 27.2 Å². The van der Waals surface area contributed by atoms with Crippen LogP contribution < -0.4 is 0 Å². The number of fused-ring (bicyclic) bond motifs is 1. The van der Waals surface area contributed by atoms with E-state index in [4.69, 9.17) is 9.47 Å². The minimum Gasteiger partial charge on any atom is -0.378 e. The van der Waals surface area contributed by atoms with Crippen LogP contribution in [0.1, 0.15) is 5.69 Å². The minimum absolute atomic E-state index is 0.509. The van der Waals surface area contributed by atoms with Gasteiger partial charge in [-0.05, 0) is 12.1 Å². The highest BCUT2D eigenvalue weighted by Gasteiger charge is 2.13. The Hall–Kier alpha value is -1.17. The van der Waals surface area contributed by atoms with Crippen LogP contribution in [-0.4, -0.2) is 31.6 Å². The van der Waals surface area contributed by atoms with E-state index in [1.54, 1.807) is 7.11 Å². The maximum Gasteiger partial charge on any atom is 0.140 e. The predicted molar refractivity (Wildman–Crippen MR) is 84.6 cm³/mol. The molecule has 20 heavy (non-hydrogen) atoms. The van der Waals surface area contributed by atoms with Crippen molar-refractivity contribution in [1.29, 1.82) is 0 Å². The summed E-state index contributed by atoms with van der Waals surface area (Å²) in [6, 6.07) is 9.38. The Morgan fingerprint density at radius 3 is 2.65 bits per heavy atom. The van der Waals surface area contributed by atoms with Crippen LogP contribution in [0.15, 0.2) is 24.3 Å². The number of aromatic nitrogens is 2. The number of nitrogens with zero attached hydrogens (tertiary/aromatic N) is 2. The quantitative estimate of drug-likeness (QED) is 0.579. The molecule has 1 aromatic carbocycles. The van der Waals surface area contributed by atoms with Crippen LogP contribution in [0, 0.1) is 0 Å². The first-order valence-corrected chi connectivity index (χ1v) is 10.7. The van der Waals surface area contributed by atoms with Gasteiger partial charge in [-0.15, -0.1) is 0 Å². The van der Waals surface area contributed by atoms with Crippen molar-refractivity contribution in [2.45, 2.75) is 39.0 Å². The number of para-hydroxylation sites is 1. The average Bonchev–Trinajstić information content (AvgIpc) is 2.73. The average molecular weight is 292 g/mol. The van der Waals surface area contributed by atoms with E-state index in [-0.39, 0.29) is 0 Å². The molecule has 0 aliphatic rings. The second-order valence-electron chi connectivity index (χ2n) is 6.24. The van der Waals surface area contributed by atoms with Crippen molar-refractivity contribution >= 4 is 19.0 Å². The van der Waals surface area contributed by atoms with Gasteiger partial charge < -0.3 is 9.47 Å². The molecule has 0 radical (unpaired) electrons. The third-order valence-electron chi connectivity index (χ3n) is 3.23. The van der Waals surface area contributed by atoms with Crippen LogP contribution in [0.4, 0.5) is 0 Å². The van der Waals surface area contributed by atoms with Gasteiger partial charge >= 0.3 is 0 Å². The van der Waals surface area contributed by atoms with Crippen molar-refractivity contribution in [3.05, 3.63) is 30.0 Å². The van der Waals surface area contributed by atoms with E-state index in [0.29, 0.717) is 13.3 Å². The lowest BCUT2D eigenvalue weighted by Gasteiger charge is -2.15. The van der Waals surface area contributed by atoms with Crippen LogP contribution in [0.2, 0.25) is 25.7 Å². The highest BCUT2D eigenvalue weighted by atomic mass is 28.3. The lowest BCUT2D eigenvalue weighted by molar-refractivity contribution is 0.0805. The molecule has 2 rings (SSSR count). The van der Waals surface area contributed by atoms with E-state index in [9.17, 15) is 0 Å². The summed E-state index contributed by atoms with van der Waals surface area (Å²) in [5.41, 5.74) is 2.07. The molecule has 0 aliphatic heterocycles. The number of rotatable bonds is 7. The number of hydrogen-bond donors (Lipinski definition) is 0. The molecule has 0 saturated carbocycles. The smallest absolute Gasteiger partial charge is 0.140 e. The predicted octanol–water partition coefficient (Wildman–Crippen LogP) is 3.50. The first-order chi connectivity index (χ1) is 9.51. The Bertz CT molecular complexity index is 560. The van der Waals surface area contributed by atoms with Gasteiger partial charge in [0.05, 0.1) is 17.8 Å². The van der Waals surface area contributed by atoms with E-state index >= 15 is 0 Å². The first-order valence-electron chi connectivity index (χ1n) is 7.02. The zero-order valence-corrected chi connectivity index (χ0v) is 13.8. The molecule has 0 unspecified atom stereocenters. The third-order valence-corrected chi connectivity index (χ3v) is 4.93. The van der Waals surface area contributed by atoms with Crippen molar-refractivity contribution in [3.8, 4) is 0 Å².